The summed E-state index contributed by atoms with van der Waals surface area (Å²) in [6.07, 6.45) is 7.15. The zero-order valence-electron chi connectivity index (χ0n) is 8.55. The maximum absolute atomic E-state index is 5.01. The second kappa shape index (κ2) is 6.10. The average Bonchev–Trinajstić information content (AvgIpc) is 2.27. The van der Waals surface area contributed by atoms with Gasteiger partial charge in [-0.2, -0.15) is 0 Å². The summed E-state index contributed by atoms with van der Waals surface area (Å²) < 4.78 is 7.03. The Labute approximate surface area is 83.9 Å². The minimum Gasteiger partial charge on any atom is -0.383 e. The van der Waals surface area contributed by atoms with E-state index in [0.29, 0.717) is 6.61 Å². The van der Waals surface area contributed by atoms with E-state index >= 15 is 0 Å². The van der Waals surface area contributed by atoms with Gasteiger partial charge in [0.15, 0.2) is 0 Å². The van der Waals surface area contributed by atoms with Crippen molar-refractivity contribution in [3.8, 4) is 0 Å². The lowest BCUT2D eigenvalue weighted by Gasteiger charge is -2.02. The molecule has 0 aliphatic rings. The Bertz CT molecular complexity index is 321. The Hall–Kier alpha value is -1.42. The van der Waals surface area contributed by atoms with Crippen molar-refractivity contribution in [2.45, 2.75) is 13.5 Å². The first-order chi connectivity index (χ1) is 6.83. The minimum absolute atomic E-state index is 0.689. The molecule has 4 heteroatoms. The van der Waals surface area contributed by atoms with E-state index in [9.17, 15) is 0 Å². The van der Waals surface area contributed by atoms with E-state index in [1.54, 1.807) is 13.3 Å². The minimum atomic E-state index is 0.689. The van der Waals surface area contributed by atoms with Crippen LogP contribution in [-0.2, 0) is 11.3 Å². The lowest BCUT2D eigenvalue weighted by molar-refractivity contribution is 0.187. The van der Waals surface area contributed by atoms with Gasteiger partial charge >= 0.3 is 0 Å². The smallest absolute Gasteiger partial charge is 0.115 e. The molecule has 76 valence electrons. The molecule has 1 rings (SSSR count). The first-order valence-corrected chi connectivity index (χ1v) is 4.48. The normalized spacial score (nSPS) is 9.57. The van der Waals surface area contributed by atoms with Gasteiger partial charge < -0.3 is 9.30 Å². The van der Waals surface area contributed by atoms with Crippen LogP contribution < -0.4 is 0 Å². The highest BCUT2D eigenvalue weighted by Gasteiger charge is 1.86. The van der Waals surface area contributed by atoms with Gasteiger partial charge in [0.2, 0.25) is 0 Å². The van der Waals surface area contributed by atoms with E-state index < -0.39 is 0 Å². The summed E-state index contributed by atoms with van der Waals surface area (Å²) in [5.41, 5.74) is 0.921. The van der Waals surface area contributed by atoms with E-state index in [-0.39, 0.29) is 0 Å². The van der Waals surface area contributed by atoms with Crippen molar-refractivity contribution in [3.05, 3.63) is 36.7 Å². The molecule has 0 radical (unpaired) electrons. The summed E-state index contributed by atoms with van der Waals surface area (Å²) in [6, 6.07) is 1.87. The predicted octanol–water partition coefficient (Wildman–Crippen LogP) is 1.36. The lowest BCUT2D eigenvalue weighted by atomic mass is 10.5. The van der Waals surface area contributed by atoms with Crippen molar-refractivity contribution in [2.75, 3.05) is 13.7 Å². The van der Waals surface area contributed by atoms with Gasteiger partial charge in [-0.05, 0) is 13.0 Å². The quantitative estimate of drug-likeness (QED) is 0.727. The molecule has 4 nitrogen and oxygen atoms in total. The molecular weight excluding hydrogens is 178 g/mol. The largest absolute Gasteiger partial charge is 0.383 e. The van der Waals surface area contributed by atoms with E-state index in [0.717, 1.165) is 12.2 Å². The molecule has 1 heterocycles. The average molecular weight is 193 g/mol. The lowest BCUT2D eigenvalue weighted by Crippen LogP contribution is -2.02. The number of rotatable bonds is 3. The molecule has 0 spiro atoms. The molecule has 1 aromatic heterocycles. The summed E-state index contributed by atoms with van der Waals surface area (Å²) in [7, 11) is 1.69. The molecule has 0 bridgehead atoms. The number of nitrogens with zero attached hydrogens (tertiary/aromatic N) is 3. The van der Waals surface area contributed by atoms with Crippen LogP contribution in [0.3, 0.4) is 0 Å². The van der Waals surface area contributed by atoms with Crippen LogP contribution in [0.25, 0.3) is 0 Å². The van der Waals surface area contributed by atoms with Gasteiger partial charge in [-0.25, -0.2) is 9.97 Å². The van der Waals surface area contributed by atoms with Gasteiger partial charge in [-0.1, -0.05) is 0 Å². The van der Waals surface area contributed by atoms with Crippen LogP contribution in [0, 0.1) is 6.92 Å². The highest BCUT2D eigenvalue weighted by molar-refractivity contribution is 4.90. The van der Waals surface area contributed by atoms with E-state index in [1.807, 2.05) is 30.0 Å². The molecule has 0 aliphatic heterocycles. The maximum Gasteiger partial charge on any atom is 0.115 e. The Morgan fingerprint density at radius 1 is 1.50 bits per heavy atom. The van der Waals surface area contributed by atoms with Crippen LogP contribution in [0.15, 0.2) is 31.0 Å². The zero-order valence-corrected chi connectivity index (χ0v) is 8.55. The predicted molar refractivity (Wildman–Crippen MR) is 54.3 cm³/mol. The highest BCUT2D eigenvalue weighted by Crippen LogP contribution is 1.89. The molecule has 0 unspecified atom stereocenters. The van der Waals surface area contributed by atoms with Crippen LogP contribution in [0.1, 0.15) is 5.69 Å². The Balaban J connectivity index is 2.94. The summed E-state index contributed by atoms with van der Waals surface area (Å²) in [4.78, 5) is 8.07. The third-order valence-corrected chi connectivity index (χ3v) is 1.68. The summed E-state index contributed by atoms with van der Waals surface area (Å²) in [5, 5.41) is 0. The Kier molecular flexibility index (Phi) is 4.64. The molecule has 0 saturated heterocycles. The monoisotopic (exact) mass is 193 g/mol. The molecule has 0 atom stereocenters. The van der Waals surface area contributed by atoms with Crippen molar-refractivity contribution in [3.63, 3.8) is 0 Å². The van der Waals surface area contributed by atoms with Crippen LogP contribution in [0.5, 0.6) is 0 Å². The van der Waals surface area contributed by atoms with Crippen molar-refractivity contribution in [1.29, 1.82) is 0 Å². The first kappa shape index (κ1) is 10.7. The number of methoxy groups -OCH3 is 1. The maximum atomic E-state index is 5.01. The highest BCUT2D eigenvalue weighted by atomic mass is 16.5. The Morgan fingerprint density at radius 3 is 3.14 bits per heavy atom. The van der Waals surface area contributed by atoms with Crippen LogP contribution >= 0.6 is 0 Å². The third-order valence-electron chi connectivity index (χ3n) is 1.68. The summed E-state index contributed by atoms with van der Waals surface area (Å²) in [6.45, 7) is 3.44. The van der Waals surface area contributed by atoms with Crippen molar-refractivity contribution in [1.82, 2.24) is 14.5 Å². The van der Waals surface area contributed by atoms with E-state index in [1.165, 1.54) is 6.33 Å². The molecular formula is C10H15N3O. The Morgan fingerprint density at radius 2 is 2.36 bits per heavy atom. The van der Waals surface area contributed by atoms with Crippen LogP contribution in [0.2, 0.25) is 0 Å². The number of aryl methyl sites for hydroxylation is 1. The number of ether oxygens (including phenoxy) is 1. The molecule has 0 amide bonds. The fourth-order valence-electron chi connectivity index (χ4n) is 1.01. The first-order valence-electron chi connectivity index (χ1n) is 4.48. The molecule has 0 N–H and O–H groups in total. The van der Waals surface area contributed by atoms with Gasteiger partial charge in [-0.15, -0.1) is 0 Å². The fraction of sp³-hybridized carbons (Fsp3) is 0.400. The van der Waals surface area contributed by atoms with Gasteiger partial charge in [0, 0.05) is 32.2 Å². The second-order valence-corrected chi connectivity index (χ2v) is 2.89. The SMILES string of the molecule is COCCn1cccncnc(C)c1. The molecule has 1 aromatic rings. The fourth-order valence-corrected chi connectivity index (χ4v) is 1.01. The topological polar surface area (TPSA) is 39.9 Å². The molecule has 14 heavy (non-hydrogen) atoms. The van der Waals surface area contributed by atoms with Crippen LogP contribution in [0.4, 0.5) is 0 Å². The standard InChI is InChI=1S/C10H15N3O/c1-10-8-13(6-7-14-2)5-3-4-11-9-12-10/h3-5,8-9H,6-7H2,1-2H3. The van der Waals surface area contributed by atoms with Gasteiger partial charge in [0.1, 0.15) is 6.33 Å². The van der Waals surface area contributed by atoms with E-state index in [2.05, 4.69) is 9.97 Å². The molecule has 0 aliphatic carbocycles. The zero-order chi connectivity index (χ0) is 10.2. The van der Waals surface area contributed by atoms with Crippen LogP contribution in [-0.4, -0.2) is 28.3 Å². The number of hydrogen-bond acceptors (Lipinski definition) is 3. The van der Waals surface area contributed by atoms with Crippen molar-refractivity contribution < 1.29 is 4.74 Å². The molecule has 0 fully saturated rings. The molecule has 0 saturated carbocycles. The van der Waals surface area contributed by atoms with Crippen molar-refractivity contribution >= 4 is 0 Å². The third kappa shape index (κ3) is 4.00. The number of hydrogen-bond donors (Lipinski definition) is 0. The van der Waals surface area contributed by atoms with Gasteiger partial charge in [0.25, 0.3) is 0 Å². The molecule has 0 aromatic carbocycles. The second-order valence-electron chi connectivity index (χ2n) is 2.89. The number of aromatic nitrogens is 3. The van der Waals surface area contributed by atoms with Crippen molar-refractivity contribution in [2.24, 2.45) is 0 Å². The summed E-state index contributed by atoms with van der Waals surface area (Å²) in [5.74, 6) is 0. The van der Waals surface area contributed by atoms with Gasteiger partial charge in [0.05, 0.1) is 12.3 Å². The van der Waals surface area contributed by atoms with Gasteiger partial charge in [-0.3, -0.25) is 0 Å². The van der Waals surface area contributed by atoms with E-state index in [4.69, 9.17) is 4.74 Å². The summed E-state index contributed by atoms with van der Waals surface area (Å²) >= 11 is 0.